The van der Waals surface area contributed by atoms with Crippen LogP contribution in [0.4, 0.5) is 5.69 Å². The Labute approximate surface area is 176 Å². The topological polar surface area (TPSA) is 69.7 Å². The van der Waals surface area contributed by atoms with Gasteiger partial charge in [-0.15, -0.1) is 11.8 Å². The monoisotopic (exact) mass is 415 g/mol. The molecule has 1 saturated heterocycles. The highest BCUT2D eigenvalue weighted by Gasteiger charge is 2.41. The van der Waals surface area contributed by atoms with Gasteiger partial charge in [0.1, 0.15) is 6.54 Å². The number of carbonyl (C=O) groups excluding carboxylic acids is 3. The molecule has 0 spiro atoms. The Kier molecular flexibility index (Phi) is 6.13. The molecule has 1 saturated carbocycles. The SMILES string of the molecule is CC1CCC(NC(=O)CN2C(=O)[C@@H](C(=O)N3CCCC3)Sc3ccccc32)CC1. The van der Waals surface area contributed by atoms with Gasteiger partial charge >= 0.3 is 0 Å². The second-order valence-electron chi connectivity index (χ2n) is 8.45. The van der Waals surface area contributed by atoms with Gasteiger partial charge in [-0.05, 0) is 56.6 Å². The van der Waals surface area contributed by atoms with E-state index in [1.165, 1.54) is 16.7 Å². The van der Waals surface area contributed by atoms with Gasteiger partial charge in [0.15, 0.2) is 5.25 Å². The molecule has 4 rings (SSSR count). The summed E-state index contributed by atoms with van der Waals surface area (Å²) in [4.78, 5) is 43.1. The normalized spacial score (nSPS) is 26.9. The lowest BCUT2D eigenvalue weighted by molar-refractivity contribution is -0.134. The zero-order valence-electron chi connectivity index (χ0n) is 16.9. The molecule has 0 aromatic heterocycles. The molecule has 1 aliphatic carbocycles. The highest BCUT2D eigenvalue weighted by atomic mass is 32.2. The molecule has 2 fully saturated rings. The number of benzene rings is 1. The second-order valence-corrected chi connectivity index (χ2v) is 9.59. The summed E-state index contributed by atoms with van der Waals surface area (Å²) in [6.45, 7) is 3.64. The predicted molar refractivity (Wildman–Crippen MR) is 114 cm³/mol. The van der Waals surface area contributed by atoms with E-state index in [2.05, 4.69) is 12.2 Å². The Bertz CT molecular complexity index is 785. The van der Waals surface area contributed by atoms with E-state index < -0.39 is 5.25 Å². The minimum Gasteiger partial charge on any atom is -0.352 e. The van der Waals surface area contributed by atoms with Crippen LogP contribution in [0.25, 0.3) is 0 Å². The minimum atomic E-state index is -0.800. The number of hydrogen-bond donors (Lipinski definition) is 1. The fraction of sp³-hybridized carbons (Fsp3) is 0.591. The molecule has 7 heteroatoms. The maximum atomic E-state index is 13.2. The van der Waals surface area contributed by atoms with Crippen molar-refractivity contribution in [3.8, 4) is 0 Å². The van der Waals surface area contributed by atoms with Crippen molar-refractivity contribution in [2.24, 2.45) is 5.92 Å². The summed E-state index contributed by atoms with van der Waals surface area (Å²) < 4.78 is 0. The average molecular weight is 416 g/mol. The van der Waals surface area contributed by atoms with Crippen molar-refractivity contribution in [2.75, 3.05) is 24.5 Å². The lowest BCUT2D eigenvalue weighted by atomic mass is 9.87. The standard InChI is InChI=1S/C22H29N3O3S/c1-15-8-10-16(11-9-15)23-19(26)14-25-17-6-2-3-7-18(17)29-20(22(25)28)21(27)24-12-4-5-13-24/h2-3,6-7,15-16,20H,4-5,8-14H2,1H3,(H,23,26)/t15?,16?,20-/m1/s1. The Balaban J connectivity index is 1.48. The number of fused-ring (bicyclic) bond motifs is 1. The Hall–Kier alpha value is -2.02. The van der Waals surface area contributed by atoms with Crippen LogP contribution in [0, 0.1) is 5.92 Å². The summed E-state index contributed by atoms with van der Waals surface area (Å²) in [5.74, 6) is 0.164. The van der Waals surface area contributed by atoms with Crippen molar-refractivity contribution < 1.29 is 14.4 Å². The van der Waals surface area contributed by atoms with Crippen LogP contribution in [0.1, 0.15) is 45.4 Å². The van der Waals surface area contributed by atoms with Crippen molar-refractivity contribution in [1.82, 2.24) is 10.2 Å². The van der Waals surface area contributed by atoms with E-state index >= 15 is 0 Å². The van der Waals surface area contributed by atoms with Gasteiger partial charge in [0, 0.05) is 24.0 Å². The molecule has 2 heterocycles. The molecule has 1 N–H and O–H groups in total. The number of rotatable bonds is 4. The van der Waals surface area contributed by atoms with Crippen LogP contribution in [0.15, 0.2) is 29.2 Å². The largest absolute Gasteiger partial charge is 0.352 e. The summed E-state index contributed by atoms with van der Waals surface area (Å²) >= 11 is 1.31. The van der Waals surface area contributed by atoms with Crippen LogP contribution in [0.3, 0.4) is 0 Å². The Morgan fingerprint density at radius 1 is 1.10 bits per heavy atom. The molecule has 29 heavy (non-hydrogen) atoms. The molecular formula is C22H29N3O3S. The van der Waals surface area contributed by atoms with E-state index in [4.69, 9.17) is 0 Å². The number of para-hydroxylation sites is 1. The van der Waals surface area contributed by atoms with E-state index in [-0.39, 0.29) is 30.3 Å². The van der Waals surface area contributed by atoms with Crippen molar-refractivity contribution in [3.05, 3.63) is 24.3 Å². The number of nitrogens with zero attached hydrogens (tertiary/aromatic N) is 2. The molecule has 1 aromatic rings. The van der Waals surface area contributed by atoms with Crippen LogP contribution < -0.4 is 10.2 Å². The van der Waals surface area contributed by atoms with Gasteiger partial charge in [-0.1, -0.05) is 19.1 Å². The van der Waals surface area contributed by atoms with Crippen LogP contribution in [-0.4, -0.2) is 53.5 Å². The van der Waals surface area contributed by atoms with Gasteiger partial charge < -0.3 is 15.1 Å². The smallest absolute Gasteiger partial charge is 0.250 e. The van der Waals surface area contributed by atoms with Crippen molar-refractivity contribution in [2.45, 2.75) is 61.6 Å². The van der Waals surface area contributed by atoms with Crippen molar-refractivity contribution in [1.29, 1.82) is 0 Å². The lowest BCUT2D eigenvalue weighted by Gasteiger charge is -2.34. The quantitative estimate of drug-likeness (QED) is 0.768. The summed E-state index contributed by atoms with van der Waals surface area (Å²) in [6.07, 6.45) is 6.20. The summed E-state index contributed by atoms with van der Waals surface area (Å²) in [5, 5.41) is 2.30. The number of nitrogens with one attached hydrogen (secondary N) is 1. The van der Waals surface area contributed by atoms with E-state index in [9.17, 15) is 14.4 Å². The average Bonchev–Trinajstić information content (AvgIpc) is 3.26. The van der Waals surface area contributed by atoms with Crippen molar-refractivity contribution in [3.63, 3.8) is 0 Å². The maximum absolute atomic E-state index is 13.2. The molecule has 3 aliphatic rings. The van der Waals surface area contributed by atoms with Gasteiger partial charge in [-0.25, -0.2) is 0 Å². The van der Waals surface area contributed by atoms with Crippen LogP contribution in [0.2, 0.25) is 0 Å². The fourth-order valence-corrected chi connectivity index (χ4v) is 5.65. The van der Waals surface area contributed by atoms with Gasteiger partial charge in [0.25, 0.3) is 5.91 Å². The highest BCUT2D eigenvalue weighted by Crippen LogP contribution is 2.40. The van der Waals surface area contributed by atoms with E-state index in [1.807, 2.05) is 24.3 Å². The number of carbonyl (C=O) groups is 3. The Morgan fingerprint density at radius 3 is 2.52 bits per heavy atom. The molecule has 1 aromatic carbocycles. The molecular weight excluding hydrogens is 386 g/mol. The summed E-state index contributed by atoms with van der Waals surface area (Å²) in [7, 11) is 0. The van der Waals surface area contributed by atoms with Crippen LogP contribution >= 0.6 is 11.8 Å². The molecule has 156 valence electrons. The maximum Gasteiger partial charge on any atom is 0.250 e. The number of hydrogen-bond acceptors (Lipinski definition) is 4. The van der Waals surface area contributed by atoms with Crippen LogP contribution in [-0.2, 0) is 14.4 Å². The molecule has 0 unspecified atom stereocenters. The Morgan fingerprint density at radius 2 is 1.79 bits per heavy atom. The van der Waals surface area contributed by atoms with Crippen molar-refractivity contribution >= 4 is 35.2 Å². The molecule has 0 radical (unpaired) electrons. The summed E-state index contributed by atoms with van der Waals surface area (Å²) in [5.41, 5.74) is 0.723. The second kappa shape index (κ2) is 8.78. The zero-order chi connectivity index (χ0) is 20.4. The fourth-order valence-electron chi connectivity index (χ4n) is 4.46. The third-order valence-corrected chi connectivity index (χ3v) is 7.45. The molecule has 6 nitrogen and oxygen atoms in total. The first-order valence-electron chi connectivity index (χ1n) is 10.7. The van der Waals surface area contributed by atoms with E-state index in [0.717, 1.165) is 49.1 Å². The molecule has 2 aliphatic heterocycles. The third-order valence-electron chi connectivity index (χ3n) is 6.22. The van der Waals surface area contributed by atoms with Gasteiger partial charge in [0.05, 0.1) is 5.69 Å². The summed E-state index contributed by atoms with van der Waals surface area (Å²) in [6, 6.07) is 7.73. The highest BCUT2D eigenvalue weighted by molar-refractivity contribution is 8.01. The third kappa shape index (κ3) is 4.44. The first kappa shape index (κ1) is 20.3. The van der Waals surface area contributed by atoms with E-state index in [0.29, 0.717) is 19.0 Å². The predicted octanol–water partition coefficient (Wildman–Crippen LogP) is 2.81. The number of amides is 3. The van der Waals surface area contributed by atoms with Crippen LogP contribution in [0.5, 0.6) is 0 Å². The molecule has 0 bridgehead atoms. The first-order chi connectivity index (χ1) is 14.0. The first-order valence-corrected chi connectivity index (χ1v) is 11.6. The van der Waals surface area contributed by atoms with Gasteiger partial charge in [-0.2, -0.15) is 0 Å². The van der Waals surface area contributed by atoms with Gasteiger partial charge in [0.2, 0.25) is 11.8 Å². The van der Waals surface area contributed by atoms with Gasteiger partial charge in [-0.3, -0.25) is 14.4 Å². The zero-order valence-corrected chi connectivity index (χ0v) is 17.7. The van der Waals surface area contributed by atoms with E-state index in [1.54, 1.807) is 4.90 Å². The molecule has 3 amide bonds. The number of likely N-dealkylation sites (tertiary alicyclic amines) is 1. The number of anilines is 1. The lowest BCUT2D eigenvalue weighted by Crippen LogP contribution is -2.52. The minimum absolute atomic E-state index is 0.0355. The molecule has 1 atom stereocenters. The number of thioether (sulfide) groups is 1.